The molecule has 1 N–H and O–H groups in total. The first kappa shape index (κ1) is 12.8. The van der Waals surface area contributed by atoms with Crippen molar-refractivity contribution in [3.05, 3.63) is 34.6 Å². The number of hydrogen-bond donors (Lipinski definition) is 1. The summed E-state index contributed by atoms with van der Waals surface area (Å²) in [7, 11) is 0. The third-order valence-corrected chi connectivity index (χ3v) is 3.75. The molecule has 0 aromatic heterocycles. The predicted octanol–water partition coefficient (Wildman–Crippen LogP) is 2.68. The van der Waals surface area contributed by atoms with E-state index in [9.17, 15) is 9.50 Å². The fourth-order valence-electron chi connectivity index (χ4n) is 2.29. The minimum absolute atomic E-state index is 0.260. The summed E-state index contributed by atoms with van der Waals surface area (Å²) < 4.78 is 12.9. The van der Waals surface area contributed by atoms with Gasteiger partial charge in [-0.25, -0.2) is 4.39 Å². The third-order valence-electron chi connectivity index (χ3n) is 3.40. The Balaban J connectivity index is 1.98. The first-order valence-electron chi connectivity index (χ1n) is 5.90. The Kier molecular flexibility index (Phi) is 4.02. The summed E-state index contributed by atoms with van der Waals surface area (Å²) in [5.74, 6) is 0.0382. The van der Waals surface area contributed by atoms with Crippen LogP contribution < -0.4 is 0 Å². The molecule has 1 fully saturated rings. The fourth-order valence-corrected chi connectivity index (χ4v) is 2.52. The van der Waals surface area contributed by atoms with Gasteiger partial charge >= 0.3 is 0 Å². The van der Waals surface area contributed by atoms with Crippen LogP contribution in [-0.4, -0.2) is 29.2 Å². The largest absolute Gasteiger partial charge is 0.393 e. The second-order valence-electron chi connectivity index (χ2n) is 4.76. The number of benzene rings is 1. The molecule has 1 saturated heterocycles. The summed E-state index contributed by atoms with van der Waals surface area (Å²) >= 11 is 5.99. The van der Waals surface area contributed by atoms with E-state index >= 15 is 0 Å². The molecule has 2 rings (SSSR count). The van der Waals surface area contributed by atoms with E-state index in [1.807, 2.05) is 6.92 Å². The van der Waals surface area contributed by atoms with Crippen LogP contribution in [-0.2, 0) is 6.54 Å². The van der Waals surface area contributed by atoms with Crippen molar-refractivity contribution in [2.24, 2.45) is 5.92 Å². The highest BCUT2D eigenvalue weighted by Gasteiger charge is 2.26. The Hall–Kier alpha value is -0.640. The van der Waals surface area contributed by atoms with E-state index in [1.54, 1.807) is 6.07 Å². The maximum atomic E-state index is 12.9. The molecule has 1 aliphatic rings. The number of hydrogen-bond acceptors (Lipinski definition) is 2. The number of nitrogens with zero attached hydrogens (tertiary/aromatic N) is 1. The lowest BCUT2D eigenvalue weighted by molar-refractivity contribution is 0.127. The Morgan fingerprint density at radius 1 is 1.59 bits per heavy atom. The monoisotopic (exact) mass is 257 g/mol. The number of likely N-dealkylation sites (tertiary alicyclic amines) is 1. The fraction of sp³-hybridized carbons (Fsp3) is 0.538. The van der Waals surface area contributed by atoms with Crippen LogP contribution in [0.5, 0.6) is 0 Å². The van der Waals surface area contributed by atoms with Crippen molar-refractivity contribution in [2.45, 2.75) is 26.0 Å². The van der Waals surface area contributed by atoms with Crippen molar-refractivity contribution in [3.63, 3.8) is 0 Å². The van der Waals surface area contributed by atoms with Crippen molar-refractivity contribution >= 4 is 11.6 Å². The van der Waals surface area contributed by atoms with Crippen LogP contribution in [0.15, 0.2) is 18.2 Å². The van der Waals surface area contributed by atoms with E-state index in [2.05, 4.69) is 4.90 Å². The Morgan fingerprint density at radius 3 is 2.94 bits per heavy atom. The smallest absolute Gasteiger partial charge is 0.124 e. The molecule has 2 nitrogen and oxygen atoms in total. The molecular weight excluding hydrogens is 241 g/mol. The van der Waals surface area contributed by atoms with Gasteiger partial charge in [0.15, 0.2) is 0 Å². The van der Waals surface area contributed by atoms with Gasteiger partial charge in [0.25, 0.3) is 0 Å². The minimum Gasteiger partial charge on any atom is -0.393 e. The maximum Gasteiger partial charge on any atom is 0.124 e. The Bertz CT molecular complexity index is 397. The molecule has 0 amide bonds. The highest BCUT2D eigenvalue weighted by atomic mass is 35.5. The molecule has 2 atom stereocenters. The van der Waals surface area contributed by atoms with Gasteiger partial charge < -0.3 is 5.11 Å². The molecule has 2 unspecified atom stereocenters. The predicted molar refractivity (Wildman–Crippen MR) is 66.5 cm³/mol. The molecule has 4 heteroatoms. The van der Waals surface area contributed by atoms with Crippen molar-refractivity contribution in [2.75, 3.05) is 13.1 Å². The molecule has 0 aliphatic carbocycles. The van der Waals surface area contributed by atoms with Crippen LogP contribution >= 0.6 is 11.6 Å². The lowest BCUT2D eigenvalue weighted by atomic mass is 10.0. The van der Waals surface area contributed by atoms with E-state index in [0.29, 0.717) is 10.9 Å². The molecular formula is C13H17ClFNO. The van der Waals surface area contributed by atoms with E-state index in [4.69, 9.17) is 11.6 Å². The lowest BCUT2D eigenvalue weighted by Gasteiger charge is -2.18. The van der Waals surface area contributed by atoms with E-state index in [-0.39, 0.29) is 11.9 Å². The van der Waals surface area contributed by atoms with Gasteiger partial charge in [0.1, 0.15) is 5.82 Å². The molecule has 17 heavy (non-hydrogen) atoms. The highest BCUT2D eigenvalue weighted by Crippen LogP contribution is 2.24. The highest BCUT2D eigenvalue weighted by molar-refractivity contribution is 6.31. The minimum atomic E-state index is -0.304. The van der Waals surface area contributed by atoms with Gasteiger partial charge in [0.05, 0.1) is 6.10 Å². The van der Waals surface area contributed by atoms with Gasteiger partial charge in [-0.2, -0.15) is 0 Å². The summed E-state index contributed by atoms with van der Waals surface area (Å²) in [6.07, 6.45) is 0.750. The summed E-state index contributed by atoms with van der Waals surface area (Å²) in [5.41, 5.74) is 0.944. The SMILES string of the molecule is CC(O)C1CCN(Cc2ccc(F)cc2Cl)C1. The number of rotatable bonds is 3. The average Bonchev–Trinajstić information content (AvgIpc) is 2.71. The van der Waals surface area contributed by atoms with Crippen molar-refractivity contribution in [1.29, 1.82) is 0 Å². The van der Waals surface area contributed by atoms with Crippen molar-refractivity contribution < 1.29 is 9.50 Å². The van der Waals surface area contributed by atoms with Gasteiger partial charge in [0, 0.05) is 18.1 Å². The molecule has 0 saturated carbocycles. The second-order valence-corrected chi connectivity index (χ2v) is 5.17. The van der Waals surface area contributed by atoms with Gasteiger partial charge in [-0.15, -0.1) is 0 Å². The number of halogens is 2. The quantitative estimate of drug-likeness (QED) is 0.900. The van der Waals surface area contributed by atoms with Crippen LogP contribution in [0, 0.1) is 11.7 Å². The van der Waals surface area contributed by atoms with Gasteiger partial charge in [0.2, 0.25) is 0 Å². The van der Waals surface area contributed by atoms with Gasteiger partial charge in [-0.3, -0.25) is 4.90 Å². The molecule has 1 heterocycles. The first-order valence-corrected chi connectivity index (χ1v) is 6.28. The number of aliphatic hydroxyl groups excluding tert-OH is 1. The Morgan fingerprint density at radius 2 is 2.35 bits per heavy atom. The molecule has 0 spiro atoms. The summed E-state index contributed by atoms with van der Waals surface area (Å²) in [4.78, 5) is 2.25. The molecule has 1 aromatic rings. The molecule has 0 radical (unpaired) electrons. The van der Waals surface area contributed by atoms with Gasteiger partial charge in [-0.05, 0) is 43.5 Å². The molecule has 1 aromatic carbocycles. The molecule has 1 aliphatic heterocycles. The molecule has 94 valence electrons. The van der Waals surface area contributed by atoms with Crippen LogP contribution in [0.25, 0.3) is 0 Å². The number of aliphatic hydroxyl groups is 1. The van der Waals surface area contributed by atoms with Crippen molar-refractivity contribution in [3.8, 4) is 0 Å². The van der Waals surface area contributed by atoms with E-state index in [0.717, 1.165) is 31.6 Å². The maximum absolute atomic E-state index is 12.9. The summed E-state index contributed by atoms with van der Waals surface area (Å²) in [5, 5.41) is 10.0. The van der Waals surface area contributed by atoms with Gasteiger partial charge in [-0.1, -0.05) is 17.7 Å². The van der Waals surface area contributed by atoms with E-state index in [1.165, 1.54) is 12.1 Å². The zero-order valence-electron chi connectivity index (χ0n) is 9.87. The van der Waals surface area contributed by atoms with Crippen LogP contribution in [0.4, 0.5) is 4.39 Å². The van der Waals surface area contributed by atoms with Crippen LogP contribution in [0.1, 0.15) is 18.9 Å². The molecule has 0 bridgehead atoms. The second kappa shape index (κ2) is 5.34. The summed E-state index contributed by atoms with van der Waals surface area (Å²) in [6, 6.07) is 4.51. The first-order chi connectivity index (χ1) is 8.06. The zero-order chi connectivity index (χ0) is 12.4. The third kappa shape index (κ3) is 3.18. The summed E-state index contributed by atoms with van der Waals surface area (Å²) in [6.45, 7) is 4.40. The Labute approximate surface area is 106 Å². The standard InChI is InChI=1S/C13H17ClFNO/c1-9(17)10-4-5-16(7-10)8-11-2-3-12(15)6-13(11)14/h2-3,6,9-10,17H,4-5,7-8H2,1H3. The lowest BCUT2D eigenvalue weighted by Crippen LogP contribution is -2.24. The van der Waals surface area contributed by atoms with E-state index < -0.39 is 0 Å². The normalized spacial score (nSPS) is 22.9. The van der Waals surface area contributed by atoms with Crippen molar-refractivity contribution in [1.82, 2.24) is 4.90 Å². The van der Waals surface area contributed by atoms with Crippen LogP contribution in [0.2, 0.25) is 5.02 Å². The topological polar surface area (TPSA) is 23.5 Å². The van der Waals surface area contributed by atoms with Crippen LogP contribution in [0.3, 0.4) is 0 Å². The zero-order valence-corrected chi connectivity index (χ0v) is 10.6. The average molecular weight is 258 g/mol.